The van der Waals surface area contributed by atoms with Crippen molar-refractivity contribution in [2.75, 3.05) is 0 Å². The number of unbranched alkanes of at least 4 members (excludes halogenated alkanes) is 10. The average molecular weight is 441 g/mol. The zero-order chi connectivity index (χ0) is 22.5. The fraction of sp³-hybridized carbons (Fsp3) is 0.760. The van der Waals surface area contributed by atoms with Gasteiger partial charge in [0, 0.05) is 0 Å². The summed E-state index contributed by atoms with van der Waals surface area (Å²) in [6, 6.07) is 5.06. The van der Waals surface area contributed by atoms with Crippen LogP contribution in [-0.4, -0.2) is 18.1 Å². The van der Waals surface area contributed by atoms with Gasteiger partial charge in [-0.1, -0.05) is 110 Å². The monoisotopic (exact) mass is 440 g/mol. The highest BCUT2D eigenvalue weighted by atomic mass is 32.2. The zero-order valence-electron chi connectivity index (χ0n) is 19.5. The Morgan fingerprint density at radius 3 is 1.67 bits per heavy atom. The van der Waals surface area contributed by atoms with E-state index >= 15 is 0 Å². The van der Waals surface area contributed by atoms with Crippen LogP contribution in [0.5, 0.6) is 5.75 Å². The Bertz CT molecular complexity index is 681. The van der Waals surface area contributed by atoms with Crippen LogP contribution >= 0.6 is 0 Å². The van der Waals surface area contributed by atoms with Crippen molar-refractivity contribution < 1.29 is 18.1 Å². The van der Waals surface area contributed by atoms with E-state index in [1.807, 2.05) is 6.92 Å². The Balaban J connectivity index is 3.05. The van der Waals surface area contributed by atoms with Crippen molar-refractivity contribution in [1.29, 1.82) is 0 Å². The minimum atomic E-state index is -4.29. The lowest BCUT2D eigenvalue weighted by Gasteiger charge is -2.32. The van der Waals surface area contributed by atoms with Crippen LogP contribution in [0.2, 0.25) is 0 Å². The summed E-state index contributed by atoms with van der Waals surface area (Å²) < 4.78 is 34.7. The summed E-state index contributed by atoms with van der Waals surface area (Å²) in [5, 5.41) is 10.1. The molecular weight excluding hydrogens is 396 g/mol. The van der Waals surface area contributed by atoms with Crippen molar-refractivity contribution in [1.82, 2.24) is 0 Å². The van der Waals surface area contributed by atoms with Crippen molar-refractivity contribution in [2.45, 2.75) is 122 Å². The van der Waals surface area contributed by atoms with Crippen LogP contribution in [-0.2, 0) is 21.3 Å². The number of hydrogen-bond donors (Lipinski definition) is 2. The summed E-state index contributed by atoms with van der Waals surface area (Å²) in [6.45, 7) is 6.30. The molecule has 0 bridgehead atoms. The van der Waals surface area contributed by atoms with Crippen LogP contribution in [0.1, 0.15) is 122 Å². The number of aromatic hydroxyl groups is 1. The maximum absolute atomic E-state index is 12.8. The van der Waals surface area contributed by atoms with Gasteiger partial charge in [0.2, 0.25) is 0 Å². The Hall–Kier alpha value is -1.07. The minimum Gasteiger partial charge on any atom is -0.508 e. The average Bonchev–Trinajstić information content (AvgIpc) is 2.71. The fourth-order valence-electron chi connectivity index (χ4n) is 4.35. The topological polar surface area (TPSA) is 74.6 Å². The van der Waals surface area contributed by atoms with Gasteiger partial charge >= 0.3 is 0 Å². The van der Waals surface area contributed by atoms with Crippen molar-refractivity contribution >= 4 is 10.1 Å². The van der Waals surface area contributed by atoms with Gasteiger partial charge in [0.15, 0.2) is 0 Å². The first-order valence-electron chi connectivity index (χ1n) is 12.1. The largest absolute Gasteiger partial charge is 0.508 e. The molecule has 0 fully saturated rings. The van der Waals surface area contributed by atoms with E-state index in [1.54, 1.807) is 18.2 Å². The predicted octanol–water partition coefficient (Wildman–Crippen LogP) is 7.54. The molecule has 0 unspecified atom stereocenters. The molecule has 0 atom stereocenters. The molecule has 0 aliphatic rings. The number of phenolic OH excluding ortho intramolecular Hbond substituents is 1. The summed E-state index contributed by atoms with van der Waals surface area (Å²) >= 11 is 0. The van der Waals surface area contributed by atoms with E-state index in [2.05, 4.69) is 13.8 Å². The minimum absolute atomic E-state index is 0.185. The fourth-order valence-corrected chi connectivity index (χ4v) is 5.58. The van der Waals surface area contributed by atoms with Gasteiger partial charge in [-0.2, -0.15) is 8.42 Å². The van der Waals surface area contributed by atoms with Crippen molar-refractivity contribution in [2.24, 2.45) is 0 Å². The highest BCUT2D eigenvalue weighted by Crippen LogP contribution is 2.42. The SMILES string of the molecule is CCCCCCCCC(CCCCCCCC)(c1ccc(O)c(CC)c1)S(=O)(=O)O. The Kier molecular flexibility index (Phi) is 12.7. The molecule has 174 valence electrons. The third kappa shape index (κ3) is 8.22. The van der Waals surface area contributed by atoms with Crippen molar-refractivity contribution in [3.8, 4) is 5.75 Å². The van der Waals surface area contributed by atoms with Crippen molar-refractivity contribution in [3.63, 3.8) is 0 Å². The molecule has 0 spiro atoms. The smallest absolute Gasteiger partial charge is 0.274 e. The van der Waals surface area contributed by atoms with Crippen LogP contribution in [0.25, 0.3) is 0 Å². The van der Waals surface area contributed by atoms with Crippen LogP contribution in [0.3, 0.4) is 0 Å². The molecule has 0 aromatic heterocycles. The lowest BCUT2D eigenvalue weighted by Crippen LogP contribution is -2.36. The Morgan fingerprint density at radius 2 is 1.23 bits per heavy atom. The zero-order valence-corrected chi connectivity index (χ0v) is 20.3. The molecule has 30 heavy (non-hydrogen) atoms. The quantitative estimate of drug-likeness (QED) is 0.194. The van der Waals surface area contributed by atoms with Crippen molar-refractivity contribution in [3.05, 3.63) is 29.3 Å². The maximum Gasteiger partial charge on any atom is 0.274 e. The molecule has 0 amide bonds. The molecule has 0 aliphatic heterocycles. The van der Waals surface area contributed by atoms with Gasteiger partial charge in [-0.05, 0) is 36.5 Å². The maximum atomic E-state index is 12.8. The van der Waals surface area contributed by atoms with Gasteiger partial charge in [0.25, 0.3) is 10.1 Å². The van der Waals surface area contributed by atoms with Gasteiger partial charge in [0.1, 0.15) is 10.5 Å². The molecule has 0 radical (unpaired) electrons. The van der Waals surface area contributed by atoms with E-state index < -0.39 is 14.9 Å². The number of rotatable bonds is 17. The molecule has 0 heterocycles. The second-order valence-corrected chi connectivity index (χ2v) is 10.4. The number of benzene rings is 1. The number of aryl methyl sites for hydroxylation is 1. The lowest BCUT2D eigenvalue weighted by atomic mass is 9.86. The third-order valence-electron chi connectivity index (χ3n) is 6.35. The van der Waals surface area contributed by atoms with E-state index in [1.165, 1.54) is 38.5 Å². The first-order valence-corrected chi connectivity index (χ1v) is 13.6. The molecule has 1 rings (SSSR count). The summed E-state index contributed by atoms with van der Waals surface area (Å²) in [5.41, 5.74) is 1.35. The lowest BCUT2D eigenvalue weighted by molar-refractivity contribution is 0.373. The van der Waals surface area contributed by atoms with Gasteiger partial charge in [0.05, 0.1) is 0 Å². The number of phenols is 1. The molecule has 0 saturated heterocycles. The Labute approximate surface area is 185 Å². The molecule has 2 N–H and O–H groups in total. The Morgan fingerprint density at radius 1 is 0.767 bits per heavy atom. The summed E-state index contributed by atoms with van der Waals surface area (Å²) in [7, 11) is -4.29. The highest BCUT2D eigenvalue weighted by Gasteiger charge is 2.43. The van der Waals surface area contributed by atoms with Gasteiger partial charge in [-0.25, -0.2) is 0 Å². The molecule has 5 heteroatoms. The van der Waals surface area contributed by atoms with E-state index in [9.17, 15) is 18.1 Å². The standard InChI is InChI=1S/C25H44O4S/c1-4-7-9-11-13-15-19-25(30(27,28)29,20-16-14-12-10-8-5-2)23-17-18-24(26)22(6-3)21-23/h17-18,21,26H,4-16,19-20H2,1-3H3,(H,27,28,29). The number of hydrogen-bond acceptors (Lipinski definition) is 3. The molecule has 0 saturated carbocycles. The van der Waals surface area contributed by atoms with E-state index in [0.29, 0.717) is 24.8 Å². The first-order chi connectivity index (χ1) is 14.3. The predicted molar refractivity (Wildman–Crippen MR) is 127 cm³/mol. The molecular formula is C25H44O4S. The molecule has 1 aromatic carbocycles. The van der Waals surface area contributed by atoms with E-state index in [4.69, 9.17) is 0 Å². The van der Waals surface area contributed by atoms with E-state index in [0.717, 1.165) is 44.1 Å². The first kappa shape index (κ1) is 27.0. The summed E-state index contributed by atoms with van der Waals surface area (Å²) in [5.74, 6) is 0.185. The van der Waals surface area contributed by atoms with Crippen LogP contribution in [0.15, 0.2) is 18.2 Å². The highest BCUT2D eigenvalue weighted by molar-refractivity contribution is 7.86. The van der Waals surface area contributed by atoms with Gasteiger partial charge in [-0.3, -0.25) is 4.55 Å². The van der Waals surface area contributed by atoms with Crippen LogP contribution < -0.4 is 0 Å². The molecule has 1 aromatic rings. The second-order valence-electron chi connectivity index (χ2n) is 8.70. The summed E-state index contributed by atoms with van der Waals surface area (Å²) in [6.07, 6.45) is 14.3. The van der Waals surface area contributed by atoms with Gasteiger partial charge < -0.3 is 5.11 Å². The second kappa shape index (κ2) is 14.1. The molecule has 0 aliphatic carbocycles. The third-order valence-corrected chi connectivity index (χ3v) is 7.98. The van der Waals surface area contributed by atoms with E-state index in [-0.39, 0.29) is 5.75 Å². The summed E-state index contributed by atoms with van der Waals surface area (Å²) in [4.78, 5) is 0. The normalized spacial score (nSPS) is 12.4. The van der Waals surface area contributed by atoms with Crippen LogP contribution in [0.4, 0.5) is 0 Å². The van der Waals surface area contributed by atoms with Gasteiger partial charge in [-0.15, -0.1) is 0 Å². The van der Waals surface area contributed by atoms with Crippen LogP contribution in [0, 0.1) is 0 Å². The molecule has 4 nitrogen and oxygen atoms in total.